The number of nitrogens with one attached hydrogen (secondary N) is 1. The van der Waals surface area contributed by atoms with Gasteiger partial charge in [-0.1, -0.05) is 6.92 Å². The average Bonchev–Trinajstić information content (AvgIpc) is 2.28. The number of sulfonamides is 1. The van der Waals surface area contributed by atoms with E-state index in [0.29, 0.717) is 6.42 Å². The van der Waals surface area contributed by atoms with Crippen LogP contribution in [0.1, 0.15) is 25.8 Å². The van der Waals surface area contributed by atoms with Crippen molar-refractivity contribution in [2.45, 2.75) is 37.8 Å². The van der Waals surface area contributed by atoms with Crippen molar-refractivity contribution >= 4 is 10.0 Å². The molecule has 0 aliphatic carbocycles. The smallest absolute Gasteiger partial charge is 0.240 e. The molecule has 0 heterocycles. The Balaban J connectivity index is 3.07. The predicted molar refractivity (Wildman–Crippen MR) is 64.4 cm³/mol. The third kappa shape index (κ3) is 3.49. The Labute approximate surface area is 101 Å². The van der Waals surface area contributed by atoms with Gasteiger partial charge in [0.1, 0.15) is 5.82 Å². The van der Waals surface area contributed by atoms with Gasteiger partial charge in [-0.3, -0.25) is 0 Å². The first-order valence-electron chi connectivity index (χ1n) is 5.41. The zero-order valence-electron chi connectivity index (χ0n) is 9.90. The average molecular weight is 260 g/mol. The van der Waals surface area contributed by atoms with Crippen molar-refractivity contribution in [3.05, 3.63) is 29.6 Å². The summed E-state index contributed by atoms with van der Waals surface area (Å²) in [4.78, 5) is 0.0413. The van der Waals surface area contributed by atoms with Gasteiger partial charge in [-0.15, -0.1) is 0 Å². The topological polar surface area (TPSA) is 72.2 Å². The Hall–Kier alpha value is -0.980. The van der Waals surface area contributed by atoms with Gasteiger partial charge >= 0.3 is 0 Å². The molecule has 0 saturated carbocycles. The molecule has 0 spiro atoms. The molecule has 1 atom stereocenters. The quantitative estimate of drug-likeness (QED) is 0.839. The minimum Gasteiger partial charge on any atom is -0.326 e. The molecule has 17 heavy (non-hydrogen) atoms. The second-order valence-electron chi connectivity index (χ2n) is 3.89. The maximum Gasteiger partial charge on any atom is 0.240 e. The molecule has 0 fully saturated rings. The van der Waals surface area contributed by atoms with Crippen LogP contribution < -0.4 is 10.5 Å². The summed E-state index contributed by atoms with van der Waals surface area (Å²) in [6.45, 7) is 3.62. The van der Waals surface area contributed by atoms with Crippen LogP contribution in [0.15, 0.2) is 23.1 Å². The van der Waals surface area contributed by atoms with E-state index in [1.807, 2.05) is 6.92 Å². The van der Waals surface area contributed by atoms with Gasteiger partial charge < -0.3 is 5.73 Å². The molecular formula is C11H17FN2O2S. The molecule has 1 unspecified atom stereocenters. The molecule has 0 aliphatic rings. The van der Waals surface area contributed by atoms with E-state index in [4.69, 9.17) is 5.73 Å². The first-order valence-corrected chi connectivity index (χ1v) is 6.89. The zero-order valence-corrected chi connectivity index (χ0v) is 10.7. The molecule has 4 nitrogen and oxygen atoms in total. The lowest BCUT2D eigenvalue weighted by Crippen LogP contribution is -2.32. The Morgan fingerprint density at radius 2 is 2.12 bits per heavy atom. The monoisotopic (exact) mass is 260 g/mol. The summed E-state index contributed by atoms with van der Waals surface area (Å²) >= 11 is 0. The van der Waals surface area contributed by atoms with Crippen LogP contribution >= 0.6 is 0 Å². The van der Waals surface area contributed by atoms with Crippen LogP contribution in [0.25, 0.3) is 0 Å². The van der Waals surface area contributed by atoms with Crippen molar-refractivity contribution in [1.29, 1.82) is 0 Å². The van der Waals surface area contributed by atoms with Gasteiger partial charge in [0.15, 0.2) is 0 Å². The zero-order chi connectivity index (χ0) is 13.1. The van der Waals surface area contributed by atoms with Gasteiger partial charge in [-0.25, -0.2) is 17.5 Å². The molecule has 0 aromatic heterocycles. The Morgan fingerprint density at radius 1 is 1.47 bits per heavy atom. The molecule has 96 valence electrons. The number of nitrogens with two attached hydrogens (primary N) is 1. The minimum atomic E-state index is -3.59. The van der Waals surface area contributed by atoms with E-state index in [1.165, 1.54) is 12.1 Å². The number of benzene rings is 1. The van der Waals surface area contributed by atoms with Crippen LogP contribution in [0.4, 0.5) is 4.39 Å². The molecule has 3 N–H and O–H groups in total. The largest absolute Gasteiger partial charge is 0.326 e. The highest BCUT2D eigenvalue weighted by Crippen LogP contribution is 2.15. The fourth-order valence-corrected chi connectivity index (χ4v) is 2.67. The summed E-state index contributed by atoms with van der Waals surface area (Å²) in [6.07, 6.45) is 0.685. The van der Waals surface area contributed by atoms with E-state index in [-0.39, 0.29) is 23.0 Å². The van der Waals surface area contributed by atoms with Crippen LogP contribution in [-0.4, -0.2) is 14.5 Å². The van der Waals surface area contributed by atoms with Gasteiger partial charge in [0.2, 0.25) is 10.0 Å². The van der Waals surface area contributed by atoms with Crippen molar-refractivity contribution in [3.8, 4) is 0 Å². The van der Waals surface area contributed by atoms with Crippen molar-refractivity contribution in [2.75, 3.05) is 0 Å². The Morgan fingerprint density at radius 3 is 2.65 bits per heavy atom. The van der Waals surface area contributed by atoms with Crippen LogP contribution in [-0.2, 0) is 16.6 Å². The summed E-state index contributed by atoms with van der Waals surface area (Å²) in [5.41, 5.74) is 5.53. The molecule has 6 heteroatoms. The normalized spacial score (nSPS) is 13.6. The summed E-state index contributed by atoms with van der Waals surface area (Å²) in [7, 11) is -3.59. The van der Waals surface area contributed by atoms with Crippen molar-refractivity contribution in [2.24, 2.45) is 5.73 Å². The maximum atomic E-state index is 13.2. The summed E-state index contributed by atoms with van der Waals surface area (Å²) in [6, 6.07) is 3.46. The number of halogens is 1. The Bertz CT molecular complexity index is 488. The standard InChI is InChI=1S/C11H17FN2O2S/c1-3-8(2)14-17(15,16)10-4-5-11(12)9(6-10)7-13/h4-6,8,14H,3,7,13H2,1-2H3. The van der Waals surface area contributed by atoms with Crippen LogP contribution in [0.2, 0.25) is 0 Å². The van der Waals surface area contributed by atoms with E-state index in [1.54, 1.807) is 6.92 Å². The molecule has 0 radical (unpaired) electrons. The van der Waals surface area contributed by atoms with E-state index in [9.17, 15) is 12.8 Å². The first-order chi connectivity index (χ1) is 7.90. The highest BCUT2D eigenvalue weighted by Gasteiger charge is 2.17. The molecule has 0 amide bonds. The third-order valence-electron chi connectivity index (χ3n) is 2.52. The maximum absolute atomic E-state index is 13.2. The highest BCUT2D eigenvalue weighted by atomic mass is 32.2. The van der Waals surface area contributed by atoms with E-state index >= 15 is 0 Å². The number of hydrogen-bond acceptors (Lipinski definition) is 3. The second kappa shape index (κ2) is 5.57. The van der Waals surface area contributed by atoms with Gasteiger partial charge in [0.05, 0.1) is 4.90 Å². The number of hydrogen-bond donors (Lipinski definition) is 2. The van der Waals surface area contributed by atoms with Crippen molar-refractivity contribution < 1.29 is 12.8 Å². The van der Waals surface area contributed by atoms with E-state index in [0.717, 1.165) is 6.07 Å². The molecule has 0 saturated heterocycles. The lowest BCUT2D eigenvalue weighted by atomic mass is 10.2. The molecule has 1 rings (SSSR count). The third-order valence-corrected chi connectivity index (χ3v) is 4.10. The minimum absolute atomic E-state index is 0.0292. The molecule has 0 aliphatic heterocycles. The number of rotatable bonds is 5. The van der Waals surface area contributed by atoms with E-state index < -0.39 is 15.8 Å². The van der Waals surface area contributed by atoms with Crippen molar-refractivity contribution in [1.82, 2.24) is 4.72 Å². The Kier molecular flexibility index (Phi) is 4.62. The molecule has 1 aromatic rings. The van der Waals surface area contributed by atoms with Gasteiger partial charge in [-0.2, -0.15) is 0 Å². The lowest BCUT2D eigenvalue weighted by molar-refractivity contribution is 0.554. The van der Waals surface area contributed by atoms with Gasteiger partial charge in [0.25, 0.3) is 0 Å². The SMILES string of the molecule is CCC(C)NS(=O)(=O)c1ccc(F)c(CN)c1. The highest BCUT2D eigenvalue weighted by molar-refractivity contribution is 7.89. The lowest BCUT2D eigenvalue weighted by Gasteiger charge is -2.12. The molecule has 0 bridgehead atoms. The van der Waals surface area contributed by atoms with E-state index in [2.05, 4.69) is 4.72 Å². The van der Waals surface area contributed by atoms with Crippen LogP contribution in [0.5, 0.6) is 0 Å². The van der Waals surface area contributed by atoms with Crippen LogP contribution in [0.3, 0.4) is 0 Å². The predicted octanol–water partition coefficient (Wildman–Crippen LogP) is 1.36. The second-order valence-corrected chi connectivity index (χ2v) is 5.60. The summed E-state index contributed by atoms with van der Waals surface area (Å²) in [5, 5.41) is 0. The summed E-state index contributed by atoms with van der Waals surface area (Å²) in [5.74, 6) is -0.491. The fourth-order valence-electron chi connectivity index (χ4n) is 1.29. The fraction of sp³-hybridized carbons (Fsp3) is 0.455. The molecule has 1 aromatic carbocycles. The first kappa shape index (κ1) is 14.1. The molecular weight excluding hydrogens is 243 g/mol. The summed E-state index contributed by atoms with van der Waals surface area (Å²) < 4.78 is 39.5. The van der Waals surface area contributed by atoms with Crippen molar-refractivity contribution in [3.63, 3.8) is 0 Å². The van der Waals surface area contributed by atoms with Gasteiger partial charge in [0, 0.05) is 18.2 Å². The van der Waals surface area contributed by atoms with Gasteiger partial charge in [-0.05, 0) is 31.5 Å². The van der Waals surface area contributed by atoms with Crippen LogP contribution in [0, 0.1) is 5.82 Å².